The fraction of sp³-hybridized carbons (Fsp3) is 0.481. The van der Waals surface area contributed by atoms with Gasteiger partial charge in [0.1, 0.15) is 11.8 Å². The lowest BCUT2D eigenvalue weighted by Gasteiger charge is -2.31. The third kappa shape index (κ3) is 9.23. The van der Waals surface area contributed by atoms with Crippen molar-refractivity contribution in [2.45, 2.75) is 58.5 Å². The fourth-order valence-corrected chi connectivity index (χ4v) is 5.30. The van der Waals surface area contributed by atoms with E-state index in [1.165, 1.54) is 17.5 Å². The summed E-state index contributed by atoms with van der Waals surface area (Å²) in [6, 6.07) is 13.9. The van der Waals surface area contributed by atoms with Crippen LogP contribution in [0.5, 0.6) is 5.75 Å². The first-order valence-electron chi connectivity index (χ1n) is 12.4. The molecule has 0 bridgehead atoms. The lowest BCUT2D eigenvalue weighted by Crippen LogP contribution is -2.51. The molecule has 2 aromatic rings. The minimum atomic E-state index is -3.62. The Kier molecular flexibility index (Phi) is 11.7. The summed E-state index contributed by atoms with van der Waals surface area (Å²) >= 11 is 6.21. The molecule has 37 heavy (non-hydrogen) atoms. The van der Waals surface area contributed by atoms with Gasteiger partial charge in [-0.3, -0.25) is 13.9 Å². The van der Waals surface area contributed by atoms with Crippen LogP contribution < -0.4 is 14.4 Å². The number of rotatable bonds is 14. The number of benzene rings is 2. The quantitative estimate of drug-likeness (QED) is 0.378. The van der Waals surface area contributed by atoms with Crippen molar-refractivity contribution in [3.05, 3.63) is 59.1 Å². The highest BCUT2D eigenvalue weighted by Gasteiger charge is 2.29. The Morgan fingerprint density at radius 3 is 2.30 bits per heavy atom. The first-order valence-corrected chi connectivity index (χ1v) is 14.7. The summed E-state index contributed by atoms with van der Waals surface area (Å²) in [5, 5.41) is 3.21. The van der Waals surface area contributed by atoms with E-state index in [1.54, 1.807) is 17.0 Å². The van der Waals surface area contributed by atoms with E-state index < -0.39 is 16.1 Å². The Balaban J connectivity index is 2.18. The van der Waals surface area contributed by atoms with Crippen LogP contribution in [0.1, 0.15) is 45.6 Å². The highest BCUT2D eigenvalue weighted by Crippen LogP contribution is 2.30. The fourth-order valence-electron chi connectivity index (χ4n) is 4.09. The molecular weight excluding hydrogens is 514 g/mol. The molecule has 0 saturated carbocycles. The number of hydrogen-bond donors (Lipinski definition) is 1. The number of carbonyl (C=O) groups excluding carboxylic acids is 2. The summed E-state index contributed by atoms with van der Waals surface area (Å²) in [7, 11) is -2.14. The van der Waals surface area contributed by atoms with Gasteiger partial charge in [0.2, 0.25) is 21.8 Å². The molecule has 2 rings (SSSR count). The Hall–Kier alpha value is -2.78. The predicted molar refractivity (Wildman–Crippen MR) is 149 cm³/mol. The molecule has 0 aliphatic carbocycles. The molecule has 0 unspecified atom stereocenters. The molecule has 0 spiro atoms. The van der Waals surface area contributed by atoms with Gasteiger partial charge >= 0.3 is 0 Å². The van der Waals surface area contributed by atoms with Gasteiger partial charge in [0, 0.05) is 25.6 Å². The van der Waals surface area contributed by atoms with Crippen molar-refractivity contribution in [2.75, 3.05) is 30.8 Å². The molecule has 10 heteroatoms. The van der Waals surface area contributed by atoms with Gasteiger partial charge in [-0.2, -0.15) is 0 Å². The predicted octanol–water partition coefficient (Wildman–Crippen LogP) is 4.27. The molecule has 2 amide bonds. The van der Waals surface area contributed by atoms with E-state index in [-0.39, 0.29) is 37.2 Å². The number of anilines is 1. The van der Waals surface area contributed by atoms with Gasteiger partial charge in [0.25, 0.3) is 0 Å². The van der Waals surface area contributed by atoms with Gasteiger partial charge in [-0.05, 0) is 56.9 Å². The van der Waals surface area contributed by atoms with Crippen LogP contribution in [0.15, 0.2) is 48.5 Å². The van der Waals surface area contributed by atoms with Crippen molar-refractivity contribution in [3.8, 4) is 5.75 Å². The zero-order valence-electron chi connectivity index (χ0n) is 22.2. The Morgan fingerprint density at radius 2 is 1.76 bits per heavy atom. The van der Waals surface area contributed by atoms with Crippen molar-refractivity contribution in [3.63, 3.8) is 0 Å². The van der Waals surface area contributed by atoms with Crippen LogP contribution in [-0.4, -0.2) is 63.7 Å². The second kappa shape index (κ2) is 14.2. The minimum absolute atomic E-state index is 0.0488. The van der Waals surface area contributed by atoms with Crippen molar-refractivity contribution >= 4 is 39.1 Å². The smallest absolute Gasteiger partial charge is 0.242 e. The van der Waals surface area contributed by atoms with Crippen LogP contribution in [-0.2, 0) is 26.0 Å². The number of amides is 2. The summed E-state index contributed by atoms with van der Waals surface area (Å²) in [6.45, 7) is 6.12. The lowest BCUT2D eigenvalue weighted by atomic mass is 10.1. The molecule has 2 aromatic carbocycles. The van der Waals surface area contributed by atoms with Gasteiger partial charge < -0.3 is 15.0 Å². The number of carbonyl (C=O) groups is 2. The number of nitrogens with zero attached hydrogens (tertiary/aromatic N) is 2. The number of ether oxygens (including phenoxy) is 1. The number of sulfonamides is 1. The third-order valence-electron chi connectivity index (χ3n) is 5.88. The maximum absolute atomic E-state index is 13.4. The molecular formula is C27H38ClN3O5S. The van der Waals surface area contributed by atoms with Crippen LogP contribution in [0, 0.1) is 0 Å². The van der Waals surface area contributed by atoms with Crippen LogP contribution in [0.25, 0.3) is 0 Å². The summed E-state index contributed by atoms with van der Waals surface area (Å²) in [4.78, 5) is 27.9. The molecule has 0 aliphatic heterocycles. The number of nitrogens with one attached hydrogen (secondary N) is 1. The van der Waals surface area contributed by atoms with Gasteiger partial charge in [-0.25, -0.2) is 8.42 Å². The van der Waals surface area contributed by atoms with Gasteiger partial charge in [0.05, 0.1) is 24.1 Å². The Bertz CT molecular complexity index is 1140. The van der Waals surface area contributed by atoms with E-state index in [0.29, 0.717) is 35.8 Å². The van der Waals surface area contributed by atoms with Crippen LogP contribution in [0.2, 0.25) is 5.02 Å². The normalized spacial score (nSPS) is 12.2. The zero-order valence-corrected chi connectivity index (χ0v) is 23.8. The second-order valence-corrected chi connectivity index (χ2v) is 11.5. The van der Waals surface area contributed by atoms with E-state index in [4.69, 9.17) is 16.3 Å². The molecule has 204 valence electrons. The average Bonchev–Trinajstić information content (AvgIpc) is 2.83. The first-order chi connectivity index (χ1) is 17.5. The molecule has 1 atom stereocenters. The highest BCUT2D eigenvalue weighted by molar-refractivity contribution is 7.92. The summed E-state index contributed by atoms with van der Waals surface area (Å²) < 4.78 is 31.4. The van der Waals surface area contributed by atoms with Crippen LogP contribution >= 0.6 is 11.6 Å². The summed E-state index contributed by atoms with van der Waals surface area (Å²) in [6.07, 6.45) is 2.56. The number of methoxy groups -OCH3 is 1. The Labute approximate surface area is 226 Å². The van der Waals surface area contributed by atoms with Crippen LogP contribution in [0.4, 0.5) is 5.69 Å². The molecule has 1 N–H and O–H groups in total. The topological polar surface area (TPSA) is 96.0 Å². The summed E-state index contributed by atoms with van der Waals surface area (Å²) in [5.41, 5.74) is 1.46. The first kappa shape index (κ1) is 30.4. The van der Waals surface area contributed by atoms with Crippen molar-refractivity contribution in [1.29, 1.82) is 0 Å². The van der Waals surface area contributed by atoms with Gasteiger partial charge in [0.15, 0.2) is 0 Å². The zero-order chi connectivity index (χ0) is 27.6. The van der Waals surface area contributed by atoms with Crippen molar-refractivity contribution in [1.82, 2.24) is 10.2 Å². The Morgan fingerprint density at radius 1 is 1.08 bits per heavy atom. The average molecular weight is 552 g/mol. The van der Waals surface area contributed by atoms with E-state index in [1.807, 2.05) is 51.1 Å². The number of halogens is 1. The van der Waals surface area contributed by atoms with Crippen molar-refractivity contribution < 1.29 is 22.7 Å². The van der Waals surface area contributed by atoms with E-state index in [0.717, 1.165) is 11.8 Å². The molecule has 0 saturated heterocycles. The second-order valence-electron chi connectivity index (χ2n) is 9.17. The molecule has 8 nitrogen and oxygen atoms in total. The SMILES string of the molecule is CC[C@@H](C(=O)NC(C)C)N(CCc1ccccc1)C(=O)CCCN(c1ccc(OC)c(Cl)c1)S(C)(=O)=O. The maximum Gasteiger partial charge on any atom is 0.242 e. The van der Waals surface area contributed by atoms with E-state index in [9.17, 15) is 18.0 Å². The molecule has 0 radical (unpaired) electrons. The standard InChI is InChI=1S/C27H38ClN3O5S/c1-6-24(27(33)29-20(2)3)30(18-16-21-11-8-7-9-12-21)26(32)13-10-17-31(37(5,34)35)22-14-15-25(36-4)23(28)19-22/h7-9,11-12,14-15,19-20,24H,6,10,13,16-18H2,1-5H3,(H,29,33)/t24-/m0/s1. The van der Waals surface area contributed by atoms with Crippen molar-refractivity contribution in [2.24, 2.45) is 0 Å². The minimum Gasteiger partial charge on any atom is -0.495 e. The monoisotopic (exact) mass is 551 g/mol. The van der Waals surface area contributed by atoms with Gasteiger partial charge in [-0.15, -0.1) is 0 Å². The van der Waals surface area contributed by atoms with Gasteiger partial charge in [-0.1, -0.05) is 48.9 Å². The highest BCUT2D eigenvalue weighted by atomic mass is 35.5. The summed E-state index contributed by atoms with van der Waals surface area (Å²) in [5.74, 6) is 0.0563. The largest absolute Gasteiger partial charge is 0.495 e. The lowest BCUT2D eigenvalue weighted by molar-refractivity contribution is -0.141. The number of hydrogen-bond acceptors (Lipinski definition) is 5. The molecule has 0 aromatic heterocycles. The van der Waals surface area contributed by atoms with E-state index in [2.05, 4.69) is 5.32 Å². The third-order valence-corrected chi connectivity index (χ3v) is 7.37. The molecule has 0 fully saturated rings. The maximum atomic E-state index is 13.4. The van der Waals surface area contributed by atoms with E-state index >= 15 is 0 Å². The van der Waals surface area contributed by atoms with Crippen LogP contribution in [0.3, 0.4) is 0 Å². The molecule has 0 aliphatic rings. The molecule has 0 heterocycles.